The summed E-state index contributed by atoms with van der Waals surface area (Å²) in [5.74, 6) is -1.13. The number of nitrogen functional groups attached to an aromatic ring is 1. The standard InChI is InChI=1S/C22H24F2N4O4/c1-32-20-17-14(19(29)10(21(30)31)6-28(17)13-3-12(13)23)16(25)15(24)18(20)27-5-8-2-9-4-22(9,26)11(8)7-27/h6,8-9,11-13H,2-5,7,25-26H2,1H3,(H,30,31)/t8-,9?,11+,12+,13-,22-/m1/s1. The summed E-state index contributed by atoms with van der Waals surface area (Å²) in [4.78, 5) is 26.5. The third kappa shape index (κ3) is 2.38. The van der Waals surface area contributed by atoms with Crippen LogP contribution in [-0.4, -0.2) is 47.6 Å². The first-order chi connectivity index (χ1) is 15.2. The maximum atomic E-state index is 15.7. The highest BCUT2D eigenvalue weighted by Gasteiger charge is 2.66. The topological polar surface area (TPSA) is 124 Å². The Labute approximate surface area is 181 Å². The summed E-state index contributed by atoms with van der Waals surface area (Å²) in [7, 11) is 1.35. The molecule has 10 heteroatoms. The fraction of sp³-hybridized carbons (Fsp3) is 0.545. The van der Waals surface area contributed by atoms with Crippen molar-refractivity contribution in [2.24, 2.45) is 23.5 Å². The summed E-state index contributed by atoms with van der Waals surface area (Å²) in [5.41, 5.74) is 10.8. The van der Waals surface area contributed by atoms with Crippen molar-refractivity contribution in [3.05, 3.63) is 27.8 Å². The van der Waals surface area contributed by atoms with Crippen molar-refractivity contribution < 1.29 is 23.4 Å². The summed E-state index contributed by atoms with van der Waals surface area (Å²) < 4.78 is 36.7. The number of carboxylic acid groups (broad SMARTS) is 1. The molecule has 1 unspecified atom stereocenters. The van der Waals surface area contributed by atoms with E-state index in [2.05, 4.69) is 0 Å². The Morgan fingerprint density at radius 1 is 1.34 bits per heavy atom. The number of methoxy groups -OCH3 is 1. The zero-order chi connectivity index (χ0) is 22.7. The van der Waals surface area contributed by atoms with E-state index in [1.54, 1.807) is 0 Å². The number of alkyl halides is 1. The second-order valence-corrected chi connectivity index (χ2v) is 9.76. The summed E-state index contributed by atoms with van der Waals surface area (Å²) in [6.45, 7) is 1.13. The highest BCUT2D eigenvalue weighted by Crippen LogP contribution is 2.62. The number of hydrogen-bond donors (Lipinski definition) is 3. The minimum absolute atomic E-state index is 0.0678. The van der Waals surface area contributed by atoms with Crippen molar-refractivity contribution in [1.82, 2.24) is 4.57 Å². The van der Waals surface area contributed by atoms with Crippen molar-refractivity contribution >= 4 is 28.2 Å². The van der Waals surface area contributed by atoms with Crippen molar-refractivity contribution in [1.29, 1.82) is 0 Å². The van der Waals surface area contributed by atoms with Crippen LogP contribution < -0.4 is 26.5 Å². The molecule has 4 fully saturated rings. The summed E-state index contributed by atoms with van der Waals surface area (Å²) in [6.07, 6.45) is 2.07. The molecule has 0 spiro atoms. The Balaban J connectivity index is 1.59. The maximum absolute atomic E-state index is 15.7. The molecule has 1 aromatic carbocycles. The van der Waals surface area contributed by atoms with Gasteiger partial charge in [0.2, 0.25) is 5.43 Å². The number of hydrogen-bond acceptors (Lipinski definition) is 6. The second-order valence-electron chi connectivity index (χ2n) is 9.76. The van der Waals surface area contributed by atoms with Gasteiger partial charge < -0.3 is 30.8 Å². The van der Waals surface area contributed by atoms with Gasteiger partial charge in [0.1, 0.15) is 17.4 Å². The summed E-state index contributed by atoms with van der Waals surface area (Å²) in [6, 6.07) is -0.666. The lowest BCUT2D eigenvalue weighted by atomic mass is 9.92. The fourth-order valence-corrected chi connectivity index (χ4v) is 6.28. The van der Waals surface area contributed by atoms with Crippen LogP contribution in [0.25, 0.3) is 10.9 Å². The molecule has 6 atom stereocenters. The van der Waals surface area contributed by atoms with Gasteiger partial charge in [0, 0.05) is 31.2 Å². The van der Waals surface area contributed by atoms with Gasteiger partial charge in [0.05, 0.1) is 29.7 Å². The molecule has 8 nitrogen and oxygen atoms in total. The molecule has 5 N–H and O–H groups in total. The number of nitrogens with two attached hydrogens (primary N) is 2. The number of anilines is 2. The van der Waals surface area contributed by atoms with Gasteiger partial charge in [-0.2, -0.15) is 0 Å². The molecule has 0 bridgehead atoms. The molecule has 1 saturated heterocycles. The van der Waals surface area contributed by atoms with Gasteiger partial charge in [-0.05, 0) is 30.6 Å². The molecule has 4 aliphatic rings. The van der Waals surface area contributed by atoms with Crippen LogP contribution in [-0.2, 0) is 0 Å². The van der Waals surface area contributed by atoms with Crippen LogP contribution in [0.15, 0.2) is 11.0 Å². The highest BCUT2D eigenvalue weighted by atomic mass is 19.1. The van der Waals surface area contributed by atoms with Crippen molar-refractivity contribution in [2.45, 2.75) is 37.0 Å². The predicted molar refractivity (Wildman–Crippen MR) is 113 cm³/mol. The van der Waals surface area contributed by atoms with Gasteiger partial charge in [0.15, 0.2) is 11.6 Å². The number of ether oxygens (including phenoxy) is 1. The van der Waals surface area contributed by atoms with E-state index >= 15 is 4.39 Å². The third-order valence-electron chi connectivity index (χ3n) is 8.09. The summed E-state index contributed by atoms with van der Waals surface area (Å²) >= 11 is 0. The molecule has 0 amide bonds. The maximum Gasteiger partial charge on any atom is 0.341 e. The molecule has 0 radical (unpaired) electrons. The van der Waals surface area contributed by atoms with Crippen molar-refractivity contribution in [3.8, 4) is 5.75 Å². The number of aromatic nitrogens is 1. The largest absolute Gasteiger partial charge is 0.492 e. The minimum Gasteiger partial charge on any atom is -0.492 e. The molecular weight excluding hydrogens is 422 g/mol. The Morgan fingerprint density at radius 3 is 2.66 bits per heavy atom. The molecular formula is C22H24F2N4O4. The second kappa shape index (κ2) is 6.12. The molecule has 32 heavy (non-hydrogen) atoms. The predicted octanol–water partition coefficient (Wildman–Crippen LogP) is 1.89. The smallest absolute Gasteiger partial charge is 0.341 e. The lowest BCUT2D eigenvalue weighted by Gasteiger charge is -2.27. The molecule has 2 aromatic rings. The van der Waals surface area contributed by atoms with Gasteiger partial charge in [-0.3, -0.25) is 4.79 Å². The number of pyridine rings is 1. The van der Waals surface area contributed by atoms with Gasteiger partial charge in [-0.1, -0.05) is 0 Å². The minimum atomic E-state index is -1.48. The zero-order valence-electron chi connectivity index (χ0n) is 17.5. The quantitative estimate of drug-likeness (QED) is 0.613. The van der Waals surface area contributed by atoms with E-state index < -0.39 is 40.7 Å². The first kappa shape index (κ1) is 19.8. The van der Waals surface area contributed by atoms with Crippen LogP contribution in [0.3, 0.4) is 0 Å². The number of fused-ring (bicyclic) bond motifs is 4. The fourth-order valence-electron chi connectivity index (χ4n) is 6.28. The molecule has 3 saturated carbocycles. The molecule has 1 aliphatic heterocycles. The normalized spacial score (nSPS) is 34.5. The van der Waals surface area contributed by atoms with Crippen molar-refractivity contribution in [3.63, 3.8) is 0 Å². The van der Waals surface area contributed by atoms with Crippen LogP contribution >= 0.6 is 0 Å². The molecule has 1 aromatic heterocycles. The van der Waals surface area contributed by atoms with Crippen LogP contribution in [0.1, 0.15) is 35.7 Å². The first-order valence-corrected chi connectivity index (χ1v) is 10.8. The number of aromatic carboxylic acids is 1. The van der Waals surface area contributed by atoms with E-state index in [0.29, 0.717) is 24.9 Å². The van der Waals surface area contributed by atoms with Gasteiger partial charge in [-0.15, -0.1) is 0 Å². The molecule has 2 heterocycles. The SMILES string of the molecule is COc1c(N2C[C@H]3CC4C[C@]4(N)[C@H]3C2)c(F)c(N)c2c(=O)c(C(=O)O)cn([C@@H]3C[C@@H]3F)c12. The number of carboxylic acids is 1. The molecule has 170 valence electrons. The number of benzene rings is 1. The molecule has 6 rings (SSSR count). The Kier molecular flexibility index (Phi) is 3.78. The highest BCUT2D eigenvalue weighted by molar-refractivity contribution is 6.03. The van der Waals surface area contributed by atoms with Gasteiger partial charge >= 0.3 is 5.97 Å². The number of nitrogens with zero attached hydrogens (tertiary/aromatic N) is 2. The van der Waals surface area contributed by atoms with Crippen molar-refractivity contribution in [2.75, 3.05) is 30.8 Å². The monoisotopic (exact) mass is 446 g/mol. The lowest BCUT2D eigenvalue weighted by Crippen LogP contribution is -2.35. The average molecular weight is 446 g/mol. The number of carbonyl (C=O) groups is 1. The Morgan fingerprint density at radius 2 is 2.06 bits per heavy atom. The van der Waals surface area contributed by atoms with Crippen LogP contribution in [0.2, 0.25) is 0 Å². The number of halogens is 2. The van der Waals surface area contributed by atoms with Crippen LogP contribution in [0.4, 0.5) is 20.2 Å². The Hall–Kier alpha value is -2.88. The van der Waals surface area contributed by atoms with E-state index in [1.807, 2.05) is 4.90 Å². The number of rotatable bonds is 4. The van der Waals surface area contributed by atoms with Gasteiger partial charge in [0.25, 0.3) is 0 Å². The van der Waals surface area contributed by atoms with E-state index in [-0.39, 0.29) is 40.2 Å². The van der Waals surface area contributed by atoms with E-state index in [9.17, 15) is 19.1 Å². The first-order valence-electron chi connectivity index (χ1n) is 10.8. The van der Waals surface area contributed by atoms with Crippen LogP contribution in [0.5, 0.6) is 5.75 Å². The summed E-state index contributed by atoms with van der Waals surface area (Å²) in [5, 5.41) is 9.19. The average Bonchev–Trinajstić information content (AvgIpc) is 3.53. The Bertz CT molecular complexity index is 1260. The third-order valence-corrected chi connectivity index (χ3v) is 8.09. The van der Waals surface area contributed by atoms with E-state index in [0.717, 1.165) is 19.0 Å². The zero-order valence-corrected chi connectivity index (χ0v) is 17.5. The van der Waals surface area contributed by atoms with Crippen LogP contribution in [0, 0.1) is 23.6 Å². The van der Waals surface area contributed by atoms with E-state index in [1.165, 1.54) is 11.7 Å². The van der Waals surface area contributed by atoms with Gasteiger partial charge in [-0.25, -0.2) is 13.6 Å². The molecule has 3 aliphatic carbocycles. The van der Waals surface area contributed by atoms with E-state index in [4.69, 9.17) is 16.2 Å². The lowest BCUT2D eigenvalue weighted by molar-refractivity contribution is 0.0694.